The van der Waals surface area contributed by atoms with Gasteiger partial charge in [-0.3, -0.25) is 4.79 Å². The van der Waals surface area contributed by atoms with Crippen LogP contribution in [0.2, 0.25) is 10.0 Å². The summed E-state index contributed by atoms with van der Waals surface area (Å²) in [6, 6.07) is 8.99. The first-order chi connectivity index (χ1) is 12.1. The third kappa shape index (κ3) is 3.50. The molecule has 0 radical (unpaired) electrons. The van der Waals surface area contributed by atoms with Crippen LogP contribution in [0.3, 0.4) is 0 Å². The number of furan rings is 1. The number of hydrogen-bond donors (Lipinski definition) is 0. The molecule has 4 rings (SSSR count). The number of benzene rings is 1. The van der Waals surface area contributed by atoms with Crippen LogP contribution in [0.4, 0.5) is 0 Å². The lowest BCUT2D eigenvalue weighted by atomic mass is 10.2. The predicted molar refractivity (Wildman–Crippen MR) is 103 cm³/mol. The number of hydrogen-bond acceptors (Lipinski definition) is 4. The molecule has 0 aliphatic carbocycles. The molecule has 0 saturated carbocycles. The fourth-order valence-electron chi connectivity index (χ4n) is 2.81. The Bertz CT molecular complexity index is 898. The lowest BCUT2D eigenvalue weighted by molar-refractivity contribution is -0.113. The Morgan fingerprint density at radius 2 is 1.92 bits per heavy atom. The van der Waals surface area contributed by atoms with E-state index in [0.717, 1.165) is 36.7 Å². The molecule has 1 aromatic heterocycles. The summed E-state index contributed by atoms with van der Waals surface area (Å²) >= 11 is 13.4. The van der Waals surface area contributed by atoms with E-state index >= 15 is 0 Å². The number of rotatable bonds is 2. The molecule has 1 saturated heterocycles. The largest absolute Gasteiger partial charge is 0.457 e. The van der Waals surface area contributed by atoms with E-state index in [-0.39, 0.29) is 5.91 Å². The van der Waals surface area contributed by atoms with Crippen molar-refractivity contribution in [3.63, 3.8) is 0 Å². The van der Waals surface area contributed by atoms with E-state index in [9.17, 15) is 4.79 Å². The van der Waals surface area contributed by atoms with Gasteiger partial charge in [-0.1, -0.05) is 23.2 Å². The molecular formula is C18H14Cl2N2O2S. The molecule has 4 nitrogen and oxygen atoms in total. The summed E-state index contributed by atoms with van der Waals surface area (Å²) in [7, 11) is 0. The second-order valence-electron chi connectivity index (χ2n) is 5.84. The fourth-order valence-corrected chi connectivity index (χ4v) is 4.05. The van der Waals surface area contributed by atoms with Crippen molar-refractivity contribution in [1.82, 2.24) is 4.90 Å². The van der Waals surface area contributed by atoms with Crippen LogP contribution in [0, 0.1) is 0 Å². The second-order valence-corrected chi connectivity index (χ2v) is 7.66. The highest BCUT2D eigenvalue weighted by Crippen LogP contribution is 2.34. The molecule has 25 heavy (non-hydrogen) atoms. The standard InChI is InChI=1S/C18H14Cl2N2O2S/c19-13-5-3-11(9-14(13)20)15-6-4-12(24-15)10-16-17(23)21-18(25-16)22-7-1-2-8-22/h3-6,9-10H,1-2,7-8H2. The van der Waals surface area contributed by atoms with E-state index in [1.54, 1.807) is 18.2 Å². The molecule has 0 N–H and O–H groups in total. The molecule has 2 aliphatic rings. The van der Waals surface area contributed by atoms with Crippen LogP contribution in [-0.4, -0.2) is 29.1 Å². The van der Waals surface area contributed by atoms with E-state index in [1.165, 1.54) is 11.8 Å². The summed E-state index contributed by atoms with van der Waals surface area (Å²) < 4.78 is 5.83. The molecule has 2 aromatic rings. The van der Waals surface area contributed by atoms with Crippen molar-refractivity contribution in [2.24, 2.45) is 4.99 Å². The van der Waals surface area contributed by atoms with Crippen LogP contribution < -0.4 is 0 Å². The zero-order valence-corrected chi connectivity index (χ0v) is 15.5. The Morgan fingerprint density at radius 1 is 1.12 bits per heavy atom. The smallest absolute Gasteiger partial charge is 0.286 e. The normalized spacial score (nSPS) is 19.1. The van der Waals surface area contributed by atoms with Gasteiger partial charge in [-0.25, -0.2) is 0 Å². The van der Waals surface area contributed by atoms with E-state index in [2.05, 4.69) is 9.89 Å². The lowest BCUT2D eigenvalue weighted by Gasteiger charge is -2.14. The number of thioether (sulfide) groups is 1. The summed E-state index contributed by atoms with van der Waals surface area (Å²) in [5.41, 5.74) is 0.832. The van der Waals surface area contributed by atoms with Gasteiger partial charge in [-0.15, -0.1) is 0 Å². The predicted octanol–water partition coefficient (Wildman–Crippen LogP) is 5.32. The number of halogens is 2. The quantitative estimate of drug-likeness (QED) is 0.648. The van der Waals surface area contributed by atoms with Gasteiger partial charge in [0, 0.05) is 24.7 Å². The summed E-state index contributed by atoms with van der Waals surface area (Å²) in [4.78, 5) is 19.0. The van der Waals surface area contributed by atoms with Gasteiger partial charge in [-0.05, 0) is 54.9 Å². The number of likely N-dealkylation sites (tertiary alicyclic amines) is 1. The molecule has 1 aromatic carbocycles. The maximum atomic E-state index is 12.1. The fraction of sp³-hybridized carbons (Fsp3) is 0.222. The lowest BCUT2D eigenvalue weighted by Crippen LogP contribution is -2.23. The van der Waals surface area contributed by atoms with E-state index in [0.29, 0.717) is 26.5 Å². The number of amidine groups is 1. The molecule has 3 heterocycles. The second kappa shape index (κ2) is 6.90. The Labute approximate surface area is 159 Å². The Balaban J connectivity index is 1.54. The summed E-state index contributed by atoms with van der Waals surface area (Å²) in [5.74, 6) is 1.07. The molecule has 0 unspecified atom stereocenters. The summed E-state index contributed by atoms with van der Waals surface area (Å²) in [5, 5.41) is 1.77. The molecule has 128 valence electrons. The molecule has 1 fully saturated rings. The number of carbonyl (C=O) groups is 1. The van der Waals surface area contributed by atoms with Crippen LogP contribution in [-0.2, 0) is 4.79 Å². The van der Waals surface area contributed by atoms with Gasteiger partial charge < -0.3 is 9.32 Å². The minimum absolute atomic E-state index is 0.209. The van der Waals surface area contributed by atoms with Crippen LogP contribution in [0.25, 0.3) is 17.4 Å². The summed E-state index contributed by atoms with van der Waals surface area (Å²) in [6.07, 6.45) is 4.04. The first kappa shape index (κ1) is 16.8. The Hall–Kier alpha value is -1.69. The van der Waals surface area contributed by atoms with Crippen LogP contribution in [0.5, 0.6) is 0 Å². The number of aliphatic imine (C=N–C) groups is 1. The molecular weight excluding hydrogens is 379 g/mol. The highest BCUT2D eigenvalue weighted by atomic mass is 35.5. The van der Waals surface area contributed by atoms with Gasteiger partial charge in [0.25, 0.3) is 5.91 Å². The molecule has 7 heteroatoms. The molecule has 0 atom stereocenters. The highest BCUT2D eigenvalue weighted by Gasteiger charge is 2.27. The van der Waals surface area contributed by atoms with Crippen molar-refractivity contribution in [3.8, 4) is 11.3 Å². The van der Waals surface area contributed by atoms with Gasteiger partial charge in [0.15, 0.2) is 5.17 Å². The molecule has 0 spiro atoms. The SMILES string of the molecule is O=C1N=C(N2CCCC2)SC1=Cc1ccc(-c2ccc(Cl)c(Cl)c2)o1. The van der Waals surface area contributed by atoms with Crippen molar-refractivity contribution < 1.29 is 9.21 Å². The molecule has 0 bridgehead atoms. The Morgan fingerprint density at radius 3 is 2.68 bits per heavy atom. The number of nitrogens with zero attached hydrogens (tertiary/aromatic N) is 2. The topological polar surface area (TPSA) is 45.8 Å². The van der Waals surface area contributed by atoms with Crippen LogP contribution in [0.1, 0.15) is 18.6 Å². The van der Waals surface area contributed by atoms with E-state index in [4.69, 9.17) is 27.6 Å². The summed E-state index contributed by atoms with van der Waals surface area (Å²) in [6.45, 7) is 1.93. The number of carbonyl (C=O) groups excluding carboxylic acids is 1. The first-order valence-electron chi connectivity index (χ1n) is 7.93. The minimum Gasteiger partial charge on any atom is -0.457 e. The van der Waals surface area contributed by atoms with Crippen molar-refractivity contribution in [3.05, 3.63) is 51.0 Å². The third-order valence-electron chi connectivity index (χ3n) is 4.09. The average Bonchev–Trinajstić information content (AvgIpc) is 3.32. The van der Waals surface area contributed by atoms with Crippen molar-refractivity contribution in [1.29, 1.82) is 0 Å². The maximum absolute atomic E-state index is 12.1. The number of amides is 1. The van der Waals surface area contributed by atoms with Crippen LogP contribution in [0.15, 0.2) is 44.6 Å². The first-order valence-corrected chi connectivity index (χ1v) is 9.50. The highest BCUT2D eigenvalue weighted by molar-refractivity contribution is 8.18. The van der Waals surface area contributed by atoms with Crippen molar-refractivity contribution in [2.75, 3.05) is 13.1 Å². The molecule has 2 aliphatic heterocycles. The van der Waals surface area contributed by atoms with Crippen molar-refractivity contribution in [2.45, 2.75) is 12.8 Å². The van der Waals surface area contributed by atoms with E-state index < -0.39 is 0 Å². The zero-order valence-electron chi connectivity index (χ0n) is 13.2. The molecule has 1 amide bonds. The average molecular weight is 393 g/mol. The monoisotopic (exact) mass is 392 g/mol. The van der Waals surface area contributed by atoms with Crippen molar-refractivity contribution >= 4 is 52.1 Å². The van der Waals surface area contributed by atoms with Crippen LogP contribution >= 0.6 is 35.0 Å². The van der Waals surface area contributed by atoms with Gasteiger partial charge in [-0.2, -0.15) is 4.99 Å². The van der Waals surface area contributed by atoms with E-state index in [1.807, 2.05) is 18.2 Å². The van der Waals surface area contributed by atoms with Gasteiger partial charge in [0.1, 0.15) is 11.5 Å². The maximum Gasteiger partial charge on any atom is 0.286 e. The minimum atomic E-state index is -0.209. The van der Waals surface area contributed by atoms with Gasteiger partial charge >= 0.3 is 0 Å². The third-order valence-corrected chi connectivity index (χ3v) is 5.87. The zero-order chi connectivity index (χ0) is 17.4. The van der Waals surface area contributed by atoms with Gasteiger partial charge in [0.2, 0.25) is 0 Å². The Kier molecular flexibility index (Phi) is 4.63. The van der Waals surface area contributed by atoms with Gasteiger partial charge in [0.05, 0.1) is 15.0 Å².